The van der Waals surface area contributed by atoms with Crippen LogP contribution >= 0.6 is 0 Å². The molecule has 1 aliphatic heterocycles. The Bertz CT molecular complexity index is 391. The van der Waals surface area contributed by atoms with Crippen LogP contribution in [0.4, 0.5) is 10.1 Å². The Hall–Kier alpha value is -1.63. The van der Waals surface area contributed by atoms with Crippen molar-refractivity contribution in [1.29, 1.82) is 5.26 Å². The Morgan fingerprint density at radius 1 is 1.50 bits per heavy atom. The second-order valence-electron chi connectivity index (χ2n) is 4.09. The van der Waals surface area contributed by atoms with Crippen LogP contribution in [-0.2, 0) is 0 Å². The minimum atomic E-state index is -0.230. The van der Waals surface area contributed by atoms with Crippen molar-refractivity contribution in [2.45, 2.75) is 12.8 Å². The van der Waals surface area contributed by atoms with Gasteiger partial charge in [0.05, 0.1) is 24.1 Å². The van der Waals surface area contributed by atoms with Crippen molar-refractivity contribution < 1.29 is 4.39 Å². The highest BCUT2D eigenvalue weighted by Gasteiger charge is 2.20. The Morgan fingerprint density at radius 2 is 2.25 bits per heavy atom. The molecule has 0 amide bonds. The molecule has 1 saturated heterocycles. The molecule has 0 unspecified atom stereocenters. The zero-order valence-electron chi connectivity index (χ0n) is 9.06. The third-order valence-corrected chi connectivity index (χ3v) is 3.09. The fourth-order valence-electron chi connectivity index (χ4n) is 2.06. The first-order chi connectivity index (χ1) is 7.85. The molecule has 0 N–H and O–H groups in total. The average Bonchev–Trinajstić information content (AvgIpc) is 2.39. The van der Waals surface area contributed by atoms with Crippen molar-refractivity contribution >= 4 is 5.69 Å². The van der Waals surface area contributed by atoms with E-state index >= 15 is 0 Å². The monoisotopic (exact) mass is 219 g/mol. The second-order valence-corrected chi connectivity index (χ2v) is 4.09. The van der Waals surface area contributed by atoms with Gasteiger partial charge in [-0.1, -0.05) is 0 Å². The van der Waals surface area contributed by atoms with E-state index in [-0.39, 0.29) is 12.6 Å². The summed E-state index contributed by atoms with van der Waals surface area (Å²) in [5.41, 5.74) is 1.52. The van der Waals surface area contributed by atoms with Gasteiger partial charge in [-0.15, -0.1) is 0 Å². The molecule has 84 valence electrons. The fraction of sp³-hybridized carbons (Fsp3) is 0.500. The molecular formula is C12H14FN3. The molecule has 1 aromatic heterocycles. The molecule has 3 nitrogen and oxygen atoms in total. The third kappa shape index (κ3) is 2.13. The van der Waals surface area contributed by atoms with Gasteiger partial charge in [-0.25, -0.2) is 0 Å². The van der Waals surface area contributed by atoms with Gasteiger partial charge >= 0.3 is 0 Å². The molecule has 0 aromatic carbocycles. The summed E-state index contributed by atoms with van der Waals surface area (Å²) < 4.78 is 12.5. The van der Waals surface area contributed by atoms with Crippen LogP contribution in [0.2, 0.25) is 0 Å². The maximum atomic E-state index is 12.5. The molecule has 0 radical (unpaired) electrons. The van der Waals surface area contributed by atoms with Crippen molar-refractivity contribution in [2.75, 3.05) is 24.7 Å². The van der Waals surface area contributed by atoms with Gasteiger partial charge in [0.15, 0.2) is 0 Å². The molecule has 0 spiro atoms. The van der Waals surface area contributed by atoms with Gasteiger partial charge < -0.3 is 4.90 Å². The highest BCUT2D eigenvalue weighted by molar-refractivity contribution is 5.57. The van der Waals surface area contributed by atoms with Gasteiger partial charge in [0.1, 0.15) is 6.07 Å². The van der Waals surface area contributed by atoms with Gasteiger partial charge in [0.2, 0.25) is 0 Å². The molecule has 0 bridgehead atoms. The maximum Gasteiger partial charge on any atom is 0.101 e. The van der Waals surface area contributed by atoms with Gasteiger partial charge in [-0.05, 0) is 24.8 Å². The molecular weight excluding hydrogens is 205 g/mol. The number of rotatable bonds is 2. The minimum absolute atomic E-state index is 0.193. The summed E-state index contributed by atoms with van der Waals surface area (Å²) in [6, 6.07) is 3.88. The molecule has 4 heteroatoms. The standard InChI is InChI=1S/C12H14FN3/c13-7-10-2-5-16(6-3-10)12-9-15-4-1-11(12)8-14/h1,4,9-10H,2-3,5-7H2. The van der Waals surface area contributed by atoms with E-state index in [9.17, 15) is 4.39 Å². The van der Waals surface area contributed by atoms with E-state index in [1.807, 2.05) is 0 Å². The van der Waals surface area contributed by atoms with Crippen molar-refractivity contribution in [3.63, 3.8) is 0 Å². The number of anilines is 1. The summed E-state index contributed by atoms with van der Waals surface area (Å²) in [4.78, 5) is 6.16. The van der Waals surface area contributed by atoms with Crippen LogP contribution in [0.25, 0.3) is 0 Å². The second kappa shape index (κ2) is 4.93. The molecule has 2 rings (SSSR count). The Kier molecular flexibility index (Phi) is 3.35. The van der Waals surface area contributed by atoms with E-state index in [0.29, 0.717) is 5.56 Å². The van der Waals surface area contributed by atoms with Crippen LogP contribution in [-0.4, -0.2) is 24.7 Å². The highest BCUT2D eigenvalue weighted by Crippen LogP contribution is 2.25. The number of nitriles is 1. The topological polar surface area (TPSA) is 39.9 Å². The number of hydrogen-bond acceptors (Lipinski definition) is 3. The van der Waals surface area contributed by atoms with E-state index in [0.717, 1.165) is 31.6 Å². The molecule has 0 saturated carbocycles. The number of nitrogens with zero attached hydrogens (tertiary/aromatic N) is 3. The molecule has 0 atom stereocenters. The van der Waals surface area contributed by atoms with Gasteiger partial charge in [-0.2, -0.15) is 5.26 Å². The Balaban J connectivity index is 2.11. The summed E-state index contributed by atoms with van der Waals surface area (Å²) in [5.74, 6) is 0.193. The SMILES string of the molecule is N#Cc1ccncc1N1CCC(CF)CC1. The van der Waals surface area contributed by atoms with E-state index in [4.69, 9.17) is 5.26 Å². The van der Waals surface area contributed by atoms with Crippen LogP contribution in [0.15, 0.2) is 18.5 Å². The molecule has 0 aliphatic carbocycles. The maximum absolute atomic E-state index is 12.5. The summed E-state index contributed by atoms with van der Waals surface area (Å²) in [7, 11) is 0. The van der Waals surface area contributed by atoms with Crippen molar-refractivity contribution in [1.82, 2.24) is 4.98 Å². The first kappa shape index (κ1) is 10.9. The van der Waals surface area contributed by atoms with Gasteiger partial charge in [0.25, 0.3) is 0 Å². The third-order valence-electron chi connectivity index (χ3n) is 3.09. The Labute approximate surface area is 94.5 Å². The minimum Gasteiger partial charge on any atom is -0.369 e. The lowest BCUT2D eigenvalue weighted by atomic mass is 9.98. The van der Waals surface area contributed by atoms with Gasteiger partial charge in [-0.3, -0.25) is 9.37 Å². The van der Waals surface area contributed by atoms with E-state index in [1.165, 1.54) is 0 Å². The van der Waals surface area contributed by atoms with Crippen LogP contribution < -0.4 is 4.90 Å². The largest absolute Gasteiger partial charge is 0.369 e. The van der Waals surface area contributed by atoms with E-state index in [1.54, 1.807) is 18.5 Å². The van der Waals surface area contributed by atoms with Crippen LogP contribution in [0.5, 0.6) is 0 Å². The summed E-state index contributed by atoms with van der Waals surface area (Å²) in [6.45, 7) is 1.40. The first-order valence-electron chi connectivity index (χ1n) is 5.50. The van der Waals surface area contributed by atoms with E-state index < -0.39 is 0 Å². The first-order valence-corrected chi connectivity index (χ1v) is 5.50. The molecule has 1 aliphatic rings. The predicted octanol–water partition coefficient (Wildman–Crippen LogP) is 2.14. The lowest BCUT2D eigenvalue weighted by Gasteiger charge is -2.32. The molecule has 1 aromatic rings. The summed E-state index contributed by atoms with van der Waals surface area (Å²) in [6.07, 6.45) is 5.05. The van der Waals surface area contributed by atoms with Crippen LogP contribution in [0.1, 0.15) is 18.4 Å². The lowest BCUT2D eigenvalue weighted by Crippen LogP contribution is -2.34. The summed E-state index contributed by atoms with van der Waals surface area (Å²) in [5, 5.41) is 8.98. The van der Waals surface area contributed by atoms with Crippen LogP contribution in [0, 0.1) is 17.2 Å². The van der Waals surface area contributed by atoms with E-state index in [2.05, 4.69) is 16.0 Å². The van der Waals surface area contributed by atoms with Crippen molar-refractivity contribution in [3.8, 4) is 6.07 Å². The zero-order valence-corrected chi connectivity index (χ0v) is 9.06. The zero-order chi connectivity index (χ0) is 11.4. The fourth-order valence-corrected chi connectivity index (χ4v) is 2.06. The average molecular weight is 219 g/mol. The normalized spacial score (nSPS) is 17.1. The highest BCUT2D eigenvalue weighted by atomic mass is 19.1. The summed E-state index contributed by atoms with van der Waals surface area (Å²) >= 11 is 0. The molecule has 1 fully saturated rings. The van der Waals surface area contributed by atoms with Crippen molar-refractivity contribution in [3.05, 3.63) is 24.0 Å². The quantitative estimate of drug-likeness (QED) is 0.765. The van der Waals surface area contributed by atoms with Crippen molar-refractivity contribution in [2.24, 2.45) is 5.92 Å². The lowest BCUT2D eigenvalue weighted by molar-refractivity contribution is 0.307. The number of pyridine rings is 1. The number of aromatic nitrogens is 1. The van der Waals surface area contributed by atoms with Crippen LogP contribution in [0.3, 0.4) is 0 Å². The molecule has 2 heterocycles. The molecule has 16 heavy (non-hydrogen) atoms. The number of halogens is 1. The number of hydrogen-bond donors (Lipinski definition) is 0. The predicted molar refractivity (Wildman–Crippen MR) is 59.9 cm³/mol. The smallest absolute Gasteiger partial charge is 0.101 e. The van der Waals surface area contributed by atoms with Gasteiger partial charge in [0, 0.05) is 19.3 Å². The Morgan fingerprint density at radius 3 is 2.88 bits per heavy atom. The number of alkyl halides is 1. The number of piperidine rings is 1.